The Kier molecular flexibility index (Phi) is 2.52. The average molecular weight is 191 g/mol. The maximum atomic E-state index is 4.11. The summed E-state index contributed by atoms with van der Waals surface area (Å²) in [5.41, 5.74) is 0. The molecule has 0 saturated carbocycles. The van der Waals surface area contributed by atoms with Crippen molar-refractivity contribution in [3.05, 3.63) is 41.0 Å². The van der Waals surface area contributed by atoms with Crippen molar-refractivity contribution in [3.63, 3.8) is 0 Å². The second-order valence-corrected chi connectivity index (χ2v) is 3.56. The normalized spacial score (nSPS) is 9.85. The van der Waals surface area contributed by atoms with Gasteiger partial charge in [0, 0.05) is 17.3 Å². The highest BCUT2D eigenvalue weighted by Gasteiger charge is 1.94. The summed E-state index contributed by atoms with van der Waals surface area (Å²) in [5, 5.41) is 5.25. The summed E-state index contributed by atoms with van der Waals surface area (Å²) in [5.74, 6) is 0.816. The molecule has 0 unspecified atom stereocenters. The minimum atomic E-state index is 0.816. The van der Waals surface area contributed by atoms with E-state index in [0.29, 0.717) is 0 Å². The highest BCUT2D eigenvalue weighted by molar-refractivity contribution is 7.09. The largest absolute Gasteiger partial charge is 0.364 e. The molecule has 1 N–H and O–H groups in total. The summed E-state index contributed by atoms with van der Waals surface area (Å²) < 4.78 is 0. The quantitative estimate of drug-likeness (QED) is 0.807. The van der Waals surface area contributed by atoms with Gasteiger partial charge in [-0.15, -0.1) is 11.3 Å². The molecule has 0 radical (unpaired) electrons. The zero-order valence-corrected chi connectivity index (χ0v) is 7.79. The van der Waals surface area contributed by atoms with Crippen LogP contribution < -0.4 is 5.32 Å². The van der Waals surface area contributed by atoms with Crippen molar-refractivity contribution in [2.24, 2.45) is 0 Å². The van der Waals surface area contributed by atoms with Crippen LogP contribution in [-0.2, 0) is 6.54 Å². The molecule has 0 aromatic carbocycles. The van der Waals surface area contributed by atoms with Crippen molar-refractivity contribution in [1.82, 2.24) is 9.97 Å². The predicted octanol–water partition coefficient (Wildman–Crippen LogP) is 2.15. The zero-order valence-electron chi connectivity index (χ0n) is 6.97. The van der Waals surface area contributed by atoms with E-state index in [-0.39, 0.29) is 0 Å². The number of aromatic nitrogens is 2. The van der Waals surface area contributed by atoms with E-state index < -0.39 is 0 Å². The molecule has 0 saturated heterocycles. The maximum Gasteiger partial charge on any atom is 0.144 e. The zero-order chi connectivity index (χ0) is 8.93. The van der Waals surface area contributed by atoms with E-state index in [1.165, 1.54) is 4.88 Å². The molecule has 4 heteroatoms. The SMILES string of the molecule is c1csc(CNc2cnccn2)c1. The molecule has 13 heavy (non-hydrogen) atoms. The third kappa shape index (κ3) is 2.26. The van der Waals surface area contributed by atoms with Gasteiger partial charge in [0.05, 0.1) is 12.7 Å². The molecule has 0 aliphatic rings. The van der Waals surface area contributed by atoms with E-state index in [9.17, 15) is 0 Å². The molecule has 2 rings (SSSR count). The van der Waals surface area contributed by atoms with E-state index in [1.807, 2.05) is 6.07 Å². The second-order valence-electron chi connectivity index (χ2n) is 2.52. The Morgan fingerprint density at radius 2 is 2.38 bits per heavy atom. The molecule has 0 atom stereocenters. The van der Waals surface area contributed by atoms with Gasteiger partial charge in [-0.2, -0.15) is 0 Å². The molecule has 0 bridgehead atoms. The lowest BCUT2D eigenvalue weighted by Gasteiger charge is -2.01. The van der Waals surface area contributed by atoms with E-state index in [0.717, 1.165) is 12.4 Å². The Labute approximate surface area is 80.5 Å². The van der Waals surface area contributed by atoms with Crippen molar-refractivity contribution in [2.45, 2.75) is 6.54 Å². The van der Waals surface area contributed by atoms with Gasteiger partial charge >= 0.3 is 0 Å². The van der Waals surface area contributed by atoms with Crippen molar-refractivity contribution in [2.75, 3.05) is 5.32 Å². The van der Waals surface area contributed by atoms with E-state index in [1.54, 1.807) is 29.9 Å². The maximum absolute atomic E-state index is 4.11. The van der Waals surface area contributed by atoms with Crippen LogP contribution in [-0.4, -0.2) is 9.97 Å². The van der Waals surface area contributed by atoms with Crippen LogP contribution in [0.15, 0.2) is 36.1 Å². The first-order valence-electron chi connectivity index (χ1n) is 3.97. The number of hydrogen-bond acceptors (Lipinski definition) is 4. The molecule has 0 aliphatic carbocycles. The average Bonchev–Trinajstić information content (AvgIpc) is 2.69. The second kappa shape index (κ2) is 4.00. The Balaban J connectivity index is 1.94. The van der Waals surface area contributed by atoms with Crippen molar-refractivity contribution in [3.8, 4) is 0 Å². The van der Waals surface area contributed by atoms with E-state index in [4.69, 9.17) is 0 Å². The monoisotopic (exact) mass is 191 g/mol. The molecule has 0 fully saturated rings. The lowest BCUT2D eigenvalue weighted by molar-refractivity contribution is 1.11. The van der Waals surface area contributed by atoms with Gasteiger partial charge in [-0.25, -0.2) is 4.98 Å². The third-order valence-electron chi connectivity index (χ3n) is 1.59. The molecule has 66 valence electrons. The molecule has 0 spiro atoms. The number of anilines is 1. The Hall–Kier alpha value is -1.42. The molecule has 2 heterocycles. The lowest BCUT2D eigenvalue weighted by atomic mass is 10.4. The van der Waals surface area contributed by atoms with Crippen LogP contribution in [0.1, 0.15) is 4.88 Å². The standard InChI is InChI=1S/C9H9N3S/c1-2-8(13-5-1)6-12-9-7-10-3-4-11-9/h1-5,7H,6H2,(H,11,12). The fraction of sp³-hybridized carbons (Fsp3) is 0.111. The van der Waals surface area contributed by atoms with Crippen LogP contribution >= 0.6 is 11.3 Å². The molecule has 0 aliphatic heterocycles. The fourth-order valence-electron chi connectivity index (χ4n) is 0.981. The van der Waals surface area contributed by atoms with Gasteiger partial charge in [0.15, 0.2) is 0 Å². The minimum Gasteiger partial charge on any atom is -0.364 e. The number of thiophene rings is 1. The summed E-state index contributed by atoms with van der Waals surface area (Å²) in [6.07, 6.45) is 5.06. The molecular weight excluding hydrogens is 182 g/mol. The minimum absolute atomic E-state index is 0.816. The van der Waals surface area contributed by atoms with E-state index >= 15 is 0 Å². The van der Waals surface area contributed by atoms with Gasteiger partial charge in [0.25, 0.3) is 0 Å². The molecular formula is C9H9N3S. The summed E-state index contributed by atoms with van der Waals surface area (Å²) in [6.45, 7) is 0.816. The molecule has 2 aromatic heterocycles. The lowest BCUT2D eigenvalue weighted by Crippen LogP contribution is -1.99. The first-order chi connectivity index (χ1) is 6.45. The Morgan fingerprint density at radius 1 is 1.38 bits per heavy atom. The van der Waals surface area contributed by atoms with Crippen LogP contribution in [0.5, 0.6) is 0 Å². The predicted molar refractivity (Wildman–Crippen MR) is 53.7 cm³/mol. The highest BCUT2D eigenvalue weighted by Crippen LogP contribution is 2.10. The Bertz CT molecular complexity index is 344. The molecule has 0 amide bonds. The van der Waals surface area contributed by atoms with Gasteiger partial charge in [-0.05, 0) is 11.4 Å². The topological polar surface area (TPSA) is 37.8 Å². The van der Waals surface area contributed by atoms with Crippen LogP contribution in [0.2, 0.25) is 0 Å². The van der Waals surface area contributed by atoms with Gasteiger partial charge in [0.1, 0.15) is 5.82 Å². The van der Waals surface area contributed by atoms with Crippen molar-refractivity contribution >= 4 is 17.2 Å². The van der Waals surface area contributed by atoms with Crippen LogP contribution in [0.4, 0.5) is 5.82 Å². The summed E-state index contributed by atoms with van der Waals surface area (Å²) in [6, 6.07) is 4.13. The van der Waals surface area contributed by atoms with Crippen LogP contribution in [0.25, 0.3) is 0 Å². The smallest absolute Gasteiger partial charge is 0.144 e. The number of hydrogen-bond donors (Lipinski definition) is 1. The van der Waals surface area contributed by atoms with Crippen LogP contribution in [0.3, 0.4) is 0 Å². The van der Waals surface area contributed by atoms with Gasteiger partial charge in [0.2, 0.25) is 0 Å². The summed E-state index contributed by atoms with van der Waals surface area (Å²) in [4.78, 5) is 9.37. The van der Waals surface area contributed by atoms with Gasteiger partial charge in [-0.3, -0.25) is 4.98 Å². The first kappa shape index (κ1) is 8.19. The fourth-order valence-corrected chi connectivity index (χ4v) is 1.63. The van der Waals surface area contributed by atoms with Gasteiger partial charge < -0.3 is 5.32 Å². The number of rotatable bonds is 3. The number of nitrogens with one attached hydrogen (secondary N) is 1. The van der Waals surface area contributed by atoms with Crippen molar-refractivity contribution in [1.29, 1.82) is 0 Å². The van der Waals surface area contributed by atoms with Crippen molar-refractivity contribution < 1.29 is 0 Å². The Morgan fingerprint density at radius 3 is 3.08 bits per heavy atom. The molecule has 3 nitrogen and oxygen atoms in total. The van der Waals surface area contributed by atoms with E-state index in [2.05, 4.69) is 26.7 Å². The summed E-state index contributed by atoms with van der Waals surface area (Å²) >= 11 is 1.73. The highest BCUT2D eigenvalue weighted by atomic mass is 32.1. The molecule has 2 aromatic rings. The summed E-state index contributed by atoms with van der Waals surface area (Å²) in [7, 11) is 0. The number of nitrogens with zero attached hydrogens (tertiary/aromatic N) is 2. The first-order valence-corrected chi connectivity index (χ1v) is 4.85. The van der Waals surface area contributed by atoms with Crippen LogP contribution in [0, 0.1) is 0 Å². The van der Waals surface area contributed by atoms with Gasteiger partial charge in [-0.1, -0.05) is 6.07 Å². The third-order valence-corrected chi connectivity index (χ3v) is 2.46.